The third kappa shape index (κ3) is 3.25. The minimum absolute atomic E-state index is 0.0609. The zero-order valence-electron chi connectivity index (χ0n) is 12.8. The second kappa shape index (κ2) is 6.71. The first-order valence-corrected chi connectivity index (χ1v) is 8.28. The molecule has 0 spiro atoms. The summed E-state index contributed by atoms with van der Waals surface area (Å²) in [5.74, 6) is -1.04. The summed E-state index contributed by atoms with van der Waals surface area (Å²) in [6.07, 6.45) is 4.35. The summed E-state index contributed by atoms with van der Waals surface area (Å²) in [7, 11) is 0. The van der Waals surface area contributed by atoms with E-state index in [1.165, 1.54) is 23.8 Å². The van der Waals surface area contributed by atoms with E-state index in [9.17, 15) is 9.18 Å². The van der Waals surface area contributed by atoms with E-state index in [0.717, 1.165) is 25.7 Å². The van der Waals surface area contributed by atoms with Crippen LogP contribution in [0.25, 0.3) is 0 Å². The van der Waals surface area contributed by atoms with Gasteiger partial charge in [-0.05, 0) is 30.5 Å². The van der Waals surface area contributed by atoms with Gasteiger partial charge in [0, 0.05) is 12.0 Å². The van der Waals surface area contributed by atoms with Crippen molar-refractivity contribution in [2.45, 2.75) is 31.1 Å². The van der Waals surface area contributed by atoms with E-state index in [4.69, 9.17) is 11.6 Å². The molecule has 120 valence electrons. The van der Waals surface area contributed by atoms with Crippen molar-refractivity contribution in [3.63, 3.8) is 0 Å². The lowest BCUT2D eigenvalue weighted by Crippen LogP contribution is -2.39. The molecule has 1 aliphatic rings. The molecule has 0 unspecified atom stereocenters. The highest BCUT2D eigenvalue weighted by atomic mass is 35.5. The normalized spacial score (nSPS) is 16.3. The predicted molar refractivity (Wildman–Crippen MR) is 90.3 cm³/mol. The highest BCUT2D eigenvalue weighted by Gasteiger charge is 2.36. The van der Waals surface area contributed by atoms with Crippen molar-refractivity contribution in [2.75, 3.05) is 6.54 Å². The Kier molecular flexibility index (Phi) is 4.67. The second-order valence-electron chi connectivity index (χ2n) is 6.13. The number of carbonyl (C=O) groups is 1. The Bertz CT molecular complexity index is 676. The van der Waals surface area contributed by atoms with Gasteiger partial charge in [0.25, 0.3) is 5.91 Å². The third-order valence-electron chi connectivity index (χ3n) is 4.72. The van der Waals surface area contributed by atoms with Crippen LogP contribution in [0.3, 0.4) is 0 Å². The van der Waals surface area contributed by atoms with Gasteiger partial charge < -0.3 is 5.32 Å². The Balaban J connectivity index is 1.79. The highest BCUT2D eigenvalue weighted by Crippen LogP contribution is 2.40. The summed E-state index contributed by atoms with van der Waals surface area (Å²) in [6, 6.07) is 14.5. The number of carbonyl (C=O) groups excluding carboxylic acids is 1. The summed E-state index contributed by atoms with van der Waals surface area (Å²) in [6.45, 7) is 0.501. The third-order valence-corrected chi connectivity index (χ3v) is 5.04. The molecule has 4 heteroatoms. The molecule has 0 aliphatic heterocycles. The highest BCUT2D eigenvalue weighted by molar-refractivity contribution is 6.33. The summed E-state index contributed by atoms with van der Waals surface area (Å²) in [4.78, 5) is 12.4. The molecule has 0 bridgehead atoms. The van der Waals surface area contributed by atoms with Gasteiger partial charge in [0.15, 0.2) is 0 Å². The van der Waals surface area contributed by atoms with E-state index in [0.29, 0.717) is 6.54 Å². The van der Waals surface area contributed by atoms with Gasteiger partial charge in [-0.25, -0.2) is 4.39 Å². The summed E-state index contributed by atoms with van der Waals surface area (Å²) < 4.78 is 13.9. The van der Waals surface area contributed by atoms with Gasteiger partial charge in [0.1, 0.15) is 5.82 Å². The van der Waals surface area contributed by atoms with E-state index in [2.05, 4.69) is 17.4 Å². The Morgan fingerprint density at radius 3 is 2.43 bits per heavy atom. The fourth-order valence-electron chi connectivity index (χ4n) is 3.46. The first-order chi connectivity index (χ1) is 11.1. The number of rotatable bonds is 4. The van der Waals surface area contributed by atoms with Crippen LogP contribution in [0.5, 0.6) is 0 Å². The molecule has 23 heavy (non-hydrogen) atoms. The Hall–Kier alpha value is -1.87. The lowest BCUT2D eigenvalue weighted by molar-refractivity contribution is 0.0939. The maximum Gasteiger partial charge on any atom is 0.255 e. The van der Waals surface area contributed by atoms with Crippen molar-refractivity contribution in [1.82, 2.24) is 5.32 Å². The molecule has 2 nitrogen and oxygen atoms in total. The van der Waals surface area contributed by atoms with Crippen LogP contribution in [-0.2, 0) is 5.41 Å². The maximum atomic E-state index is 13.9. The average Bonchev–Trinajstić information content (AvgIpc) is 3.04. The van der Waals surface area contributed by atoms with Crippen LogP contribution in [-0.4, -0.2) is 12.5 Å². The van der Waals surface area contributed by atoms with Crippen LogP contribution >= 0.6 is 11.6 Å². The van der Waals surface area contributed by atoms with Gasteiger partial charge >= 0.3 is 0 Å². The number of halogens is 2. The van der Waals surface area contributed by atoms with Crippen LogP contribution in [0.4, 0.5) is 4.39 Å². The Labute approximate surface area is 140 Å². The van der Waals surface area contributed by atoms with E-state index in [1.54, 1.807) is 0 Å². The molecular weight excluding hydrogens is 313 g/mol. The van der Waals surface area contributed by atoms with Crippen molar-refractivity contribution in [3.05, 3.63) is 70.5 Å². The molecule has 3 rings (SSSR count). The Morgan fingerprint density at radius 2 is 1.78 bits per heavy atom. The molecule has 2 aromatic rings. The van der Waals surface area contributed by atoms with Crippen LogP contribution in [0, 0.1) is 5.82 Å². The monoisotopic (exact) mass is 331 g/mol. The minimum atomic E-state index is -0.588. The van der Waals surface area contributed by atoms with E-state index >= 15 is 0 Å². The zero-order valence-corrected chi connectivity index (χ0v) is 13.6. The number of amides is 1. The van der Waals surface area contributed by atoms with Crippen molar-refractivity contribution >= 4 is 17.5 Å². The molecule has 1 aliphatic carbocycles. The summed E-state index contributed by atoms with van der Waals surface area (Å²) >= 11 is 5.97. The molecule has 2 aromatic carbocycles. The second-order valence-corrected chi connectivity index (χ2v) is 6.54. The predicted octanol–water partition coefficient (Wildman–Crippen LogP) is 4.72. The lowest BCUT2D eigenvalue weighted by Gasteiger charge is -2.30. The lowest BCUT2D eigenvalue weighted by atomic mass is 9.79. The quantitative estimate of drug-likeness (QED) is 0.862. The van der Waals surface area contributed by atoms with Gasteiger partial charge in [-0.15, -0.1) is 0 Å². The van der Waals surface area contributed by atoms with Crippen molar-refractivity contribution in [3.8, 4) is 0 Å². The molecule has 0 atom stereocenters. The molecule has 1 N–H and O–H groups in total. The summed E-state index contributed by atoms with van der Waals surface area (Å²) in [5.41, 5.74) is 1.10. The van der Waals surface area contributed by atoms with Crippen LogP contribution in [0.2, 0.25) is 5.02 Å². The molecule has 1 saturated carbocycles. The zero-order chi connectivity index (χ0) is 16.3. The fraction of sp³-hybridized carbons (Fsp3) is 0.316. The molecule has 0 radical (unpaired) electrons. The maximum absolute atomic E-state index is 13.9. The first kappa shape index (κ1) is 16.0. The van der Waals surface area contributed by atoms with Gasteiger partial charge in [-0.2, -0.15) is 0 Å². The number of hydrogen-bond donors (Lipinski definition) is 1. The average molecular weight is 332 g/mol. The molecule has 0 heterocycles. The first-order valence-electron chi connectivity index (χ1n) is 7.90. The van der Waals surface area contributed by atoms with Crippen LogP contribution < -0.4 is 5.32 Å². The number of nitrogens with one attached hydrogen (secondary N) is 1. The van der Waals surface area contributed by atoms with E-state index in [1.807, 2.05) is 18.2 Å². The van der Waals surface area contributed by atoms with Crippen molar-refractivity contribution in [2.24, 2.45) is 0 Å². The fourth-order valence-corrected chi connectivity index (χ4v) is 3.71. The van der Waals surface area contributed by atoms with E-state index in [-0.39, 0.29) is 16.0 Å². The number of benzene rings is 2. The smallest absolute Gasteiger partial charge is 0.255 e. The van der Waals surface area contributed by atoms with Crippen molar-refractivity contribution < 1.29 is 9.18 Å². The summed E-state index contributed by atoms with van der Waals surface area (Å²) in [5, 5.41) is 3.04. The molecule has 1 fully saturated rings. The van der Waals surface area contributed by atoms with Crippen molar-refractivity contribution in [1.29, 1.82) is 0 Å². The molecule has 1 amide bonds. The van der Waals surface area contributed by atoms with Gasteiger partial charge in [-0.3, -0.25) is 4.79 Å². The minimum Gasteiger partial charge on any atom is -0.351 e. The SMILES string of the molecule is O=C(NCC1(c2ccccc2)CCCC1)c1c(F)cccc1Cl. The largest absolute Gasteiger partial charge is 0.351 e. The van der Waals surface area contributed by atoms with Gasteiger partial charge in [0.05, 0.1) is 10.6 Å². The van der Waals surface area contributed by atoms with Gasteiger partial charge in [0.2, 0.25) is 0 Å². The molecular formula is C19H19ClFNO. The Morgan fingerprint density at radius 1 is 1.09 bits per heavy atom. The standard InChI is InChI=1S/C19H19ClFNO/c20-15-9-6-10-16(21)17(15)18(23)22-13-19(11-4-5-12-19)14-7-2-1-3-8-14/h1-3,6-10H,4-5,11-13H2,(H,22,23). The van der Waals surface area contributed by atoms with Gasteiger partial charge in [-0.1, -0.05) is 60.8 Å². The topological polar surface area (TPSA) is 29.1 Å². The molecule has 0 aromatic heterocycles. The number of hydrogen-bond acceptors (Lipinski definition) is 1. The van der Waals surface area contributed by atoms with E-state index < -0.39 is 11.7 Å². The van der Waals surface area contributed by atoms with Crippen LogP contribution in [0.1, 0.15) is 41.6 Å². The van der Waals surface area contributed by atoms with Crippen LogP contribution in [0.15, 0.2) is 48.5 Å². The molecule has 0 saturated heterocycles.